The lowest BCUT2D eigenvalue weighted by Crippen LogP contribution is -2.46. The summed E-state index contributed by atoms with van der Waals surface area (Å²) < 4.78 is 10.7. The molecule has 2 fully saturated rings. The second kappa shape index (κ2) is 10.2. The first kappa shape index (κ1) is 23.1. The summed E-state index contributed by atoms with van der Waals surface area (Å²) in [5.74, 6) is 1.61. The third kappa shape index (κ3) is 5.57. The van der Waals surface area contributed by atoms with Gasteiger partial charge in [0.2, 0.25) is 11.8 Å². The van der Waals surface area contributed by atoms with Gasteiger partial charge in [-0.2, -0.15) is 0 Å². The van der Waals surface area contributed by atoms with Crippen molar-refractivity contribution in [3.63, 3.8) is 0 Å². The zero-order valence-electron chi connectivity index (χ0n) is 18.9. The van der Waals surface area contributed by atoms with Crippen molar-refractivity contribution in [3.05, 3.63) is 23.8 Å². The molecule has 0 spiro atoms. The van der Waals surface area contributed by atoms with Crippen LogP contribution < -0.4 is 14.8 Å². The Morgan fingerprint density at radius 2 is 2.00 bits per heavy atom. The molecule has 7 heteroatoms. The van der Waals surface area contributed by atoms with Crippen molar-refractivity contribution < 1.29 is 23.9 Å². The molecule has 31 heavy (non-hydrogen) atoms. The van der Waals surface area contributed by atoms with Gasteiger partial charge in [0.1, 0.15) is 5.78 Å². The first-order valence-electron chi connectivity index (χ1n) is 11.2. The molecule has 1 aromatic carbocycles. The van der Waals surface area contributed by atoms with E-state index in [-0.39, 0.29) is 23.5 Å². The van der Waals surface area contributed by atoms with Crippen LogP contribution in [-0.4, -0.2) is 55.3 Å². The third-order valence-corrected chi connectivity index (χ3v) is 6.62. The van der Waals surface area contributed by atoms with Crippen LogP contribution in [0.2, 0.25) is 0 Å². The Balaban J connectivity index is 1.67. The third-order valence-electron chi connectivity index (χ3n) is 6.62. The van der Waals surface area contributed by atoms with E-state index in [1.54, 1.807) is 14.2 Å². The van der Waals surface area contributed by atoms with Crippen molar-refractivity contribution in [1.82, 2.24) is 10.2 Å². The SMILES string of the molecule is CCC(=O)[C@H]1CCCN(C(=O)CC[C@@]2(Cc3ccc(OC)c(OC)c3)CCC(=O)N2)C1. The normalized spacial score (nSPS) is 23.4. The predicted molar refractivity (Wildman–Crippen MR) is 117 cm³/mol. The standard InChI is InChI=1S/C24H34N2O5/c1-4-19(27)18-6-5-13-26(16-18)23(29)10-12-24(11-9-22(28)25-24)15-17-7-8-20(30-2)21(14-17)31-3/h7-8,14,18H,4-6,9-13,15-16H2,1-3H3,(H,25,28)/t18-,24+/m0/s1. The van der Waals surface area contributed by atoms with E-state index in [0.717, 1.165) is 18.4 Å². The van der Waals surface area contributed by atoms with Gasteiger partial charge in [0.15, 0.2) is 11.5 Å². The maximum Gasteiger partial charge on any atom is 0.222 e. The highest BCUT2D eigenvalue weighted by molar-refractivity contribution is 5.83. The van der Waals surface area contributed by atoms with E-state index in [0.29, 0.717) is 63.1 Å². The van der Waals surface area contributed by atoms with Gasteiger partial charge in [-0.25, -0.2) is 0 Å². The maximum atomic E-state index is 12.9. The monoisotopic (exact) mass is 430 g/mol. The Morgan fingerprint density at radius 3 is 2.65 bits per heavy atom. The van der Waals surface area contributed by atoms with Crippen molar-refractivity contribution in [2.45, 2.75) is 63.8 Å². The molecule has 2 heterocycles. The van der Waals surface area contributed by atoms with Gasteiger partial charge in [0, 0.05) is 43.8 Å². The van der Waals surface area contributed by atoms with Crippen molar-refractivity contribution in [3.8, 4) is 11.5 Å². The summed E-state index contributed by atoms with van der Waals surface area (Å²) in [7, 11) is 3.20. The minimum Gasteiger partial charge on any atom is -0.493 e. The Hall–Kier alpha value is -2.57. The number of ether oxygens (including phenoxy) is 2. The first-order valence-corrected chi connectivity index (χ1v) is 11.2. The summed E-state index contributed by atoms with van der Waals surface area (Å²) in [5.41, 5.74) is 0.583. The number of benzene rings is 1. The van der Waals surface area contributed by atoms with Crippen LogP contribution in [0.5, 0.6) is 11.5 Å². The highest BCUT2D eigenvalue weighted by atomic mass is 16.5. The van der Waals surface area contributed by atoms with E-state index in [2.05, 4.69) is 5.32 Å². The van der Waals surface area contributed by atoms with E-state index in [9.17, 15) is 14.4 Å². The molecule has 7 nitrogen and oxygen atoms in total. The smallest absolute Gasteiger partial charge is 0.222 e. The summed E-state index contributed by atoms with van der Waals surface area (Å²) in [6.07, 6.45) is 5.00. The van der Waals surface area contributed by atoms with Crippen molar-refractivity contribution in [2.24, 2.45) is 5.92 Å². The van der Waals surface area contributed by atoms with E-state index < -0.39 is 5.54 Å². The average molecular weight is 431 g/mol. The lowest BCUT2D eigenvalue weighted by Gasteiger charge is -2.34. The van der Waals surface area contributed by atoms with Gasteiger partial charge in [0.05, 0.1) is 14.2 Å². The largest absolute Gasteiger partial charge is 0.493 e. The molecule has 0 aromatic heterocycles. The predicted octanol–water partition coefficient (Wildman–Crippen LogP) is 2.89. The number of methoxy groups -OCH3 is 2. The molecule has 2 aliphatic heterocycles. The molecular formula is C24H34N2O5. The number of carbonyl (C=O) groups excluding carboxylic acids is 3. The number of ketones is 1. The van der Waals surface area contributed by atoms with Gasteiger partial charge < -0.3 is 19.7 Å². The fourth-order valence-electron chi connectivity index (χ4n) is 4.82. The number of nitrogens with zero attached hydrogens (tertiary/aromatic N) is 1. The molecule has 0 unspecified atom stereocenters. The second-order valence-corrected chi connectivity index (χ2v) is 8.69. The van der Waals surface area contributed by atoms with Crippen LogP contribution in [0, 0.1) is 5.92 Å². The van der Waals surface area contributed by atoms with Crippen LogP contribution in [0.3, 0.4) is 0 Å². The molecule has 170 valence electrons. The second-order valence-electron chi connectivity index (χ2n) is 8.69. The maximum absolute atomic E-state index is 12.9. The topological polar surface area (TPSA) is 84.9 Å². The van der Waals surface area contributed by atoms with E-state index >= 15 is 0 Å². The average Bonchev–Trinajstić information content (AvgIpc) is 3.17. The quantitative estimate of drug-likeness (QED) is 0.651. The van der Waals surface area contributed by atoms with Gasteiger partial charge in [-0.1, -0.05) is 13.0 Å². The summed E-state index contributed by atoms with van der Waals surface area (Å²) in [6.45, 7) is 3.12. The fraction of sp³-hybridized carbons (Fsp3) is 0.625. The molecule has 2 atom stereocenters. The van der Waals surface area contributed by atoms with Gasteiger partial charge in [-0.15, -0.1) is 0 Å². The van der Waals surface area contributed by atoms with Crippen molar-refractivity contribution >= 4 is 17.6 Å². The molecule has 1 aromatic rings. The number of piperidine rings is 1. The number of hydrogen-bond acceptors (Lipinski definition) is 5. The molecular weight excluding hydrogens is 396 g/mol. The molecule has 0 aliphatic carbocycles. The number of Topliss-reactive ketones (excluding diaryl/α,β-unsaturated/α-hetero) is 1. The molecule has 2 aliphatic rings. The molecule has 2 amide bonds. The van der Waals surface area contributed by atoms with Gasteiger partial charge in [0.25, 0.3) is 0 Å². The zero-order valence-corrected chi connectivity index (χ0v) is 18.9. The Labute approximate surface area is 184 Å². The van der Waals surface area contributed by atoms with Crippen LogP contribution in [-0.2, 0) is 20.8 Å². The van der Waals surface area contributed by atoms with Gasteiger partial charge in [-0.05, 0) is 49.8 Å². The van der Waals surface area contributed by atoms with E-state index in [4.69, 9.17) is 9.47 Å². The van der Waals surface area contributed by atoms with Crippen LogP contribution in [0.25, 0.3) is 0 Å². The van der Waals surface area contributed by atoms with Gasteiger partial charge in [-0.3, -0.25) is 14.4 Å². The van der Waals surface area contributed by atoms with Crippen LogP contribution in [0.1, 0.15) is 57.4 Å². The molecule has 0 saturated carbocycles. The zero-order chi connectivity index (χ0) is 22.4. The number of amides is 2. The molecule has 1 N–H and O–H groups in total. The van der Waals surface area contributed by atoms with E-state index in [1.165, 1.54) is 0 Å². The number of nitrogens with one attached hydrogen (secondary N) is 1. The lowest BCUT2D eigenvalue weighted by atomic mass is 9.84. The first-order chi connectivity index (χ1) is 14.9. The number of carbonyl (C=O) groups is 3. The number of rotatable bonds is 9. The summed E-state index contributed by atoms with van der Waals surface area (Å²) in [5, 5.41) is 3.14. The summed E-state index contributed by atoms with van der Waals surface area (Å²) >= 11 is 0. The highest BCUT2D eigenvalue weighted by Crippen LogP contribution is 2.34. The molecule has 3 rings (SSSR count). The minimum absolute atomic E-state index is 0.0273. The van der Waals surface area contributed by atoms with Gasteiger partial charge >= 0.3 is 0 Å². The number of likely N-dealkylation sites (tertiary alicyclic amines) is 1. The van der Waals surface area contributed by atoms with E-state index in [1.807, 2.05) is 30.0 Å². The highest BCUT2D eigenvalue weighted by Gasteiger charge is 2.39. The Bertz CT molecular complexity index is 824. The van der Waals surface area contributed by atoms with Crippen LogP contribution >= 0.6 is 0 Å². The minimum atomic E-state index is -0.444. The van der Waals surface area contributed by atoms with Crippen LogP contribution in [0.4, 0.5) is 0 Å². The summed E-state index contributed by atoms with van der Waals surface area (Å²) in [4.78, 5) is 38.9. The van der Waals surface area contributed by atoms with Crippen LogP contribution in [0.15, 0.2) is 18.2 Å². The Kier molecular flexibility index (Phi) is 7.57. The molecule has 0 bridgehead atoms. The Morgan fingerprint density at radius 1 is 1.23 bits per heavy atom. The summed E-state index contributed by atoms with van der Waals surface area (Å²) in [6, 6.07) is 5.77. The number of hydrogen-bond donors (Lipinski definition) is 1. The van der Waals surface area contributed by atoms with Crippen molar-refractivity contribution in [1.29, 1.82) is 0 Å². The fourth-order valence-corrected chi connectivity index (χ4v) is 4.82. The lowest BCUT2D eigenvalue weighted by molar-refractivity contribution is -0.135. The molecule has 0 radical (unpaired) electrons. The molecule has 2 saturated heterocycles. The van der Waals surface area contributed by atoms with Crippen molar-refractivity contribution in [2.75, 3.05) is 27.3 Å².